The number of rotatable bonds is 3. The first-order valence-corrected chi connectivity index (χ1v) is 6.46. The minimum absolute atomic E-state index is 0.210. The molecule has 1 aromatic carbocycles. The van der Waals surface area contributed by atoms with Crippen molar-refractivity contribution in [3.8, 4) is 5.75 Å². The summed E-state index contributed by atoms with van der Waals surface area (Å²) in [5, 5.41) is 2.85. The molecule has 0 radical (unpaired) electrons. The molecule has 2 rings (SSSR count). The van der Waals surface area contributed by atoms with E-state index in [0.29, 0.717) is 11.3 Å². The van der Waals surface area contributed by atoms with Crippen molar-refractivity contribution < 1.29 is 9.53 Å². The molecule has 1 amide bonds. The van der Waals surface area contributed by atoms with Gasteiger partial charge in [0.2, 0.25) is 0 Å². The lowest BCUT2D eigenvalue weighted by Crippen LogP contribution is -2.14. The summed E-state index contributed by atoms with van der Waals surface area (Å²) in [6, 6.07) is 7.04. The number of amides is 1. The highest BCUT2D eigenvalue weighted by Gasteiger charge is 2.13. The fourth-order valence-corrected chi connectivity index (χ4v) is 2.00. The van der Waals surface area contributed by atoms with Gasteiger partial charge >= 0.3 is 0 Å². The third-order valence-corrected chi connectivity index (χ3v) is 3.17. The van der Waals surface area contributed by atoms with E-state index in [4.69, 9.17) is 4.74 Å². The molecular weight excluding hydrogens is 308 g/mol. The van der Waals surface area contributed by atoms with E-state index < -0.39 is 0 Å². The van der Waals surface area contributed by atoms with E-state index in [-0.39, 0.29) is 5.91 Å². The third kappa shape index (κ3) is 3.12. The number of anilines is 1. The van der Waals surface area contributed by atoms with Gasteiger partial charge in [-0.15, -0.1) is 0 Å². The largest absolute Gasteiger partial charge is 0.496 e. The summed E-state index contributed by atoms with van der Waals surface area (Å²) in [5.74, 6) is 0.317. The number of hydrogen-bond acceptors (Lipinski definition) is 3. The molecule has 1 aromatic heterocycles. The highest BCUT2D eigenvalue weighted by atomic mass is 79.9. The lowest BCUT2D eigenvalue weighted by atomic mass is 10.1. The van der Waals surface area contributed by atoms with E-state index in [9.17, 15) is 4.79 Å². The molecule has 0 aliphatic heterocycles. The number of pyridine rings is 1. The Labute approximate surface area is 119 Å². The van der Waals surface area contributed by atoms with Crippen LogP contribution < -0.4 is 10.1 Å². The van der Waals surface area contributed by atoms with Gasteiger partial charge in [0.25, 0.3) is 5.91 Å². The molecule has 0 saturated carbocycles. The number of aromatic nitrogens is 1. The second-order valence-electron chi connectivity index (χ2n) is 3.99. The predicted molar refractivity (Wildman–Crippen MR) is 77.6 cm³/mol. The summed E-state index contributed by atoms with van der Waals surface area (Å²) >= 11 is 3.34. The number of aryl methyl sites for hydroxylation is 1. The highest BCUT2D eigenvalue weighted by Crippen LogP contribution is 2.24. The van der Waals surface area contributed by atoms with Gasteiger partial charge in [-0.1, -0.05) is 15.9 Å². The molecule has 0 aliphatic rings. The number of carbonyl (C=O) groups is 1. The molecule has 5 heteroatoms. The number of nitrogens with zero attached hydrogens (tertiary/aromatic N) is 1. The van der Waals surface area contributed by atoms with E-state index >= 15 is 0 Å². The van der Waals surface area contributed by atoms with Crippen molar-refractivity contribution in [1.82, 2.24) is 4.98 Å². The van der Waals surface area contributed by atoms with Crippen molar-refractivity contribution in [1.29, 1.82) is 0 Å². The van der Waals surface area contributed by atoms with E-state index in [2.05, 4.69) is 26.2 Å². The van der Waals surface area contributed by atoms with Gasteiger partial charge in [-0.2, -0.15) is 0 Å². The fourth-order valence-electron chi connectivity index (χ4n) is 1.66. The number of carbonyl (C=O) groups excluding carboxylic acids is 1. The van der Waals surface area contributed by atoms with Gasteiger partial charge in [-0.25, -0.2) is 0 Å². The predicted octanol–water partition coefficient (Wildman–Crippen LogP) is 3.41. The molecule has 98 valence electrons. The molecule has 0 aliphatic carbocycles. The molecular formula is C14H13BrN2O2. The maximum absolute atomic E-state index is 12.2. The Kier molecular flexibility index (Phi) is 4.16. The number of halogens is 1. The quantitative estimate of drug-likeness (QED) is 0.942. The van der Waals surface area contributed by atoms with E-state index in [1.54, 1.807) is 36.7 Å². The summed E-state index contributed by atoms with van der Waals surface area (Å²) < 4.78 is 6.07. The fraction of sp³-hybridized carbons (Fsp3) is 0.143. The first-order valence-electron chi connectivity index (χ1n) is 5.67. The summed E-state index contributed by atoms with van der Waals surface area (Å²) in [4.78, 5) is 16.2. The Morgan fingerprint density at radius 2 is 2.16 bits per heavy atom. The molecule has 0 fully saturated rings. The van der Waals surface area contributed by atoms with Crippen LogP contribution >= 0.6 is 15.9 Å². The molecule has 0 unspecified atom stereocenters. The molecule has 4 nitrogen and oxygen atoms in total. The number of benzene rings is 1. The molecule has 0 spiro atoms. The van der Waals surface area contributed by atoms with Crippen LogP contribution in [0.25, 0.3) is 0 Å². The lowest BCUT2D eigenvalue weighted by Gasteiger charge is -2.11. The van der Waals surface area contributed by atoms with Crippen molar-refractivity contribution >= 4 is 27.5 Å². The lowest BCUT2D eigenvalue weighted by molar-refractivity contribution is 0.102. The number of ether oxygens (including phenoxy) is 1. The number of hydrogen-bond donors (Lipinski definition) is 1. The summed E-state index contributed by atoms with van der Waals surface area (Å²) in [5.41, 5.74) is 2.14. The Bertz CT molecular complexity index is 614. The van der Waals surface area contributed by atoms with Crippen LogP contribution in [0.4, 0.5) is 5.69 Å². The topological polar surface area (TPSA) is 51.2 Å². The van der Waals surface area contributed by atoms with Crippen molar-refractivity contribution in [3.05, 3.63) is 52.3 Å². The second-order valence-corrected chi connectivity index (χ2v) is 4.91. The Balaban J connectivity index is 2.28. The molecule has 0 bridgehead atoms. The zero-order valence-corrected chi connectivity index (χ0v) is 12.2. The van der Waals surface area contributed by atoms with Gasteiger partial charge in [0, 0.05) is 22.6 Å². The Hall–Kier alpha value is -1.88. The van der Waals surface area contributed by atoms with E-state index in [1.807, 2.05) is 6.92 Å². The summed E-state index contributed by atoms with van der Waals surface area (Å²) in [6.07, 6.45) is 3.34. The number of methoxy groups -OCH3 is 1. The van der Waals surface area contributed by atoms with Gasteiger partial charge in [-0.05, 0) is 36.8 Å². The van der Waals surface area contributed by atoms with Gasteiger partial charge in [0.05, 0.1) is 12.7 Å². The van der Waals surface area contributed by atoms with Crippen molar-refractivity contribution in [2.24, 2.45) is 0 Å². The first-order chi connectivity index (χ1) is 9.11. The smallest absolute Gasteiger partial charge is 0.259 e. The first kappa shape index (κ1) is 13.5. The van der Waals surface area contributed by atoms with Crippen molar-refractivity contribution in [2.75, 3.05) is 12.4 Å². The van der Waals surface area contributed by atoms with Gasteiger partial charge < -0.3 is 10.1 Å². The average molecular weight is 321 g/mol. The third-order valence-electron chi connectivity index (χ3n) is 2.68. The Morgan fingerprint density at radius 3 is 2.84 bits per heavy atom. The molecule has 19 heavy (non-hydrogen) atoms. The van der Waals surface area contributed by atoms with Crippen LogP contribution in [0, 0.1) is 6.92 Å². The maximum Gasteiger partial charge on any atom is 0.259 e. The van der Waals surface area contributed by atoms with Gasteiger partial charge in [0.1, 0.15) is 5.75 Å². The maximum atomic E-state index is 12.2. The van der Waals surface area contributed by atoms with Crippen LogP contribution in [0.3, 0.4) is 0 Å². The summed E-state index contributed by atoms with van der Waals surface area (Å²) in [7, 11) is 1.54. The standard InChI is InChI=1S/C14H13BrN2O2/c1-9-8-16-6-5-12(9)17-14(18)11-4-3-10(15)7-13(11)19-2/h3-8H,1-2H3,(H,16,17,18). The molecule has 0 atom stereocenters. The van der Waals surface area contributed by atoms with Crippen molar-refractivity contribution in [2.45, 2.75) is 6.92 Å². The molecule has 0 saturated heterocycles. The zero-order valence-electron chi connectivity index (χ0n) is 10.6. The highest BCUT2D eigenvalue weighted by molar-refractivity contribution is 9.10. The number of nitrogens with one attached hydrogen (secondary N) is 1. The molecule has 2 aromatic rings. The average Bonchev–Trinajstić information content (AvgIpc) is 2.41. The minimum atomic E-state index is -0.210. The minimum Gasteiger partial charge on any atom is -0.496 e. The van der Waals surface area contributed by atoms with Crippen LogP contribution in [-0.4, -0.2) is 18.0 Å². The van der Waals surface area contributed by atoms with Crippen molar-refractivity contribution in [3.63, 3.8) is 0 Å². The van der Waals surface area contributed by atoms with E-state index in [1.165, 1.54) is 7.11 Å². The van der Waals surface area contributed by atoms with Crippen LogP contribution in [0.2, 0.25) is 0 Å². The SMILES string of the molecule is COc1cc(Br)ccc1C(=O)Nc1ccncc1C. The van der Waals surface area contributed by atoms with Gasteiger partial charge in [-0.3, -0.25) is 9.78 Å². The summed E-state index contributed by atoms with van der Waals surface area (Å²) in [6.45, 7) is 1.89. The zero-order chi connectivity index (χ0) is 13.8. The monoisotopic (exact) mass is 320 g/mol. The van der Waals surface area contributed by atoms with E-state index in [0.717, 1.165) is 15.7 Å². The Morgan fingerprint density at radius 1 is 1.37 bits per heavy atom. The van der Waals surface area contributed by atoms with Gasteiger partial charge in [0.15, 0.2) is 0 Å². The molecule has 1 heterocycles. The van der Waals surface area contributed by atoms with Crippen LogP contribution in [0.15, 0.2) is 41.1 Å². The van der Waals surface area contributed by atoms with Crippen LogP contribution in [-0.2, 0) is 0 Å². The molecule has 1 N–H and O–H groups in total. The second kappa shape index (κ2) is 5.84. The van der Waals surface area contributed by atoms with Crippen LogP contribution in [0.5, 0.6) is 5.75 Å². The normalized spacial score (nSPS) is 10.1. The van der Waals surface area contributed by atoms with Crippen LogP contribution in [0.1, 0.15) is 15.9 Å².